The highest BCUT2D eigenvalue weighted by molar-refractivity contribution is 6.07. The van der Waals surface area contributed by atoms with Gasteiger partial charge >= 0.3 is 0 Å². The van der Waals surface area contributed by atoms with Crippen LogP contribution in [0, 0.1) is 0 Å². The Morgan fingerprint density at radius 2 is 1.26 bits per heavy atom. The number of anilines is 1. The summed E-state index contributed by atoms with van der Waals surface area (Å²) in [7, 11) is 1.71. The third-order valence-corrected chi connectivity index (χ3v) is 11.8. The van der Waals surface area contributed by atoms with Crippen LogP contribution < -0.4 is 14.4 Å². The van der Waals surface area contributed by atoms with Crippen LogP contribution in [0.3, 0.4) is 0 Å². The molecule has 0 spiro atoms. The Morgan fingerprint density at radius 3 is 1.92 bits per heavy atom. The zero-order chi connectivity index (χ0) is 35.4. The highest BCUT2D eigenvalue weighted by atomic mass is 16.5. The largest absolute Gasteiger partial charge is 0.497 e. The van der Waals surface area contributed by atoms with E-state index in [9.17, 15) is 0 Å². The second-order valence-corrected chi connectivity index (χ2v) is 14.4. The standard InChI is InChI=1S/C49H41NO3/c1-51-39-26-22-35(23-27-39)48(34-20-24-38(25-21-34)50-30-32-52-33-31-50)29-28-43-46-45(40-16-8-9-17-41(40)47(43)53-48)42-18-10-11-19-44(42)49(46,36-12-4-2-5-13-36)37-14-6-3-7-15-37/h2-9,11-17,19-29H,10,18,30-33H2,1H3. The minimum Gasteiger partial charge on any atom is -0.497 e. The van der Waals surface area contributed by atoms with Crippen molar-refractivity contribution in [2.75, 3.05) is 38.3 Å². The monoisotopic (exact) mass is 691 g/mol. The maximum absolute atomic E-state index is 7.71. The van der Waals surface area contributed by atoms with Gasteiger partial charge in [0.25, 0.3) is 0 Å². The summed E-state index contributed by atoms with van der Waals surface area (Å²) in [6, 6.07) is 48.4. The molecule has 0 bridgehead atoms. The Kier molecular flexibility index (Phi) is 7.62. The highest BCUT2D eigenvalue weighted by Crippen LogP contribution is 2.62. The van der Waals surface area contributed by atoms with E-state index in [1.807, 2.05) is 12.1 Å². The molecule has 4 aliphatic rings. The predicted octanol–water partition coefficient (Wildman–Crippen LogP) is 10.5. The van der Waals surface area contributed by atoms with Gasteiger partial charge in [-0.3, -0.25) is 0 Å². The number of fused-ring (bicyclic) bond motifs is 7. The number of hydrogen-bond donors (Lipinski definition) is 0. The Bertz CT molecular complexity index is 2380. The molecule has 4 heteroatoms. The lowest BCUT2D eigenvalue weighted by atomic mass is 9.64. The lowest BCUT2D eigenvalue weighted by Gasteiger charge is -2.41. The number of allylic oxidation sites excluding steroid dienone is 4. The van der Waals surface area contributed by atoms with Gasteiger partial charge in [-0.05, 0) is 82.0 Å². The number of benzene rings is 6. The summed E-state index contributed by atoms with van der Waals surface area (Å²) in [5.41, 5.74) is 11.1. The van der Waals surface area contributed by atoms with E-state index in [1.165, 1.54) is 44.5 Å². The Hall–Kier alpha value is -5.84. The van der Waals surface area contributed by atoms with Crippen molar-refractivity contribution in [2.24, 2.45) is 0 Å². The minimum absolute atomic E-state index is 0.522. The summed E-state index contributed by atoms with van der Waals surface area (Å²) in [4.78, 5) is 2.40. The molecule has 2 aliphatic heterocycles. The van der Waals surface area contributed by atoms with E-state index in [2.05, 4.69) is 151 Å². The van der Waals surface area contributed by atoms with Crippen molar-refractivity contribution in [2.45, 2.75) is 23.9 Å². The fraction of sp³-hybridized carbons (Fsp3) is 0.184. The maximum Gasteiger partial charge on any atom is 0.178 e. The number of hydrogen-bond acceptors (Lipinski definition) is 4. The summed E-state index contributed by atoms with van der Waals surface area (Å²) in [5, 5.41) is 2.37. The topological polar surface area (TPSA) is 30.9 Å². The number of morpholine rings is 1. The van der Waals surface area contributed by atoms with Crippen molar-refractivity contribution >= 4 is 28.1 Å². The number of methoxy groups -OCH3 is 1. The van der Waals surface area contributed by atoms with Crippen LogP contribution in [0.2, 0.25) is 0 Å². The number of nitrogens with zero attached hydrogens (tertiary/aromatic N) is 1. The molecule has 1 fully saturated rings. The summed E-state index contributed by atoms with van der Waals surface area (Å²) in [5.74, 6) is 1.73. The second kappa shape index (κ2) is 12.7. The van der Waals surface area contributed by atoms with Gasteiger partial charge in [-0.2, -0.15) is 0 Å². The minimum atomic E-state index is -0.881. The Balaban J connectivity index is 1.26. The third-order valence-electron chi connectivity index (χ3n) is 11.8. The predicted molar refractivity (Wildman–Crippen MR) is 215 cm³/mol. The molecule has 1 atom stereocenters. The fourth-order valence-corrected chi connectivity index (χ4v) is 9.40. The molecule has 1 saturated heterocycles. The lowest BCUT2D eigenvalue weighted by molar-refractivity contribution is 0.122. The first-order chi connectivity index (χ1) is 26.2. The quantitative estimate of drug-likeness (QED) is 0.174. The molecule has 0 radical (unpaired) electrons. The van der Waals surface area contributed by atoms with Crippen LogP contribution in [0.25, 0.3) is 22.4 Å². The smallest absolute Gasteiger partial charge is 0.178 e. The zero-order valence-corrected chi connectivity index (χ0v) is 29.9. The van der Waals surface area contributed by atoms with Crippen LogP contribution in [0.4, 0.5) is 5.69 Å². The SMILES string of the molecule is COc1ccc(C2(c3ccc(N4CCOCC4)cc3)C=Cc3c4c(c5ccccc5c3O2)C2=C(C=CCC2)C4(c2ccccc2)c2ccccc2)cc1. The molecular formula is C49H41NO3. The first-order valence-corrected chi connectivity index (χ1v) is 18.8. The first-order valence-electron chi connectivity index (χ1n) is 18.8. The van der Waals surface area contributed by atoms with Crippen LogP contribution in [0.1, 0.15) is 51.8 Å². The van der Waals surface area contributed by atoms with Gasteiger partial charge in [-0.25, -0.2) is 0 Å². The van der Waals surface area contributed by atoms with Crippen LogP contribution in [-0.2, 0) is 15.8 Å². The van der Waals surface area contributed by atoms with Gasteiger partial charge in [0.05, 0.1) is 25.7 Å². The molecule has 260 valence electrons. The second-order valence-electron chi connectivity index (χ2n) is 14.4. The van der Waals surface area contributed by atoms with Crippen molar-refractivity contribution in [1.82, 2.24) is 0 Å². The normalized spacial score (nSPS) is 19.8. The molecule has 2 heterocycles. The van der Waals surface area contributed by atoms with E-state index in [0.717, 1.165) is 72.7 Å². The van der Waals surface area contributed by atoms with Gasteiger partial charge in [-0.1, -0.05) is 127 Å². The van der Waals surface area contributed by atoms with Crippen LogP contribution in [-0.4, -0.2) is 33.4 Å². The molecule has 53 heavy (non-hydrogen) atoms. The number of ether oxygens (including phenoxy) is 3. The van der Waals surface area contributed by atoms with E-state index in [0.29, 0.717) is 0 Å². The van der Waals surface area contributed by atoms with E-state index in [-0.39, 0.29) is 0 Å². The molecule has 0 amide bonds. The molecule has 6 aromatic carbocycles. The van der Waals surface area contributed by atoms with Gasteiger partial charge < -0.3 is 19.1 Å². The van der Waals surface area contributed by atoms with E-state index in [4.69, 9.17) is 14.2 Å². The van der Waals surface area contributed by atoms with Crippen molar-refractivity contribution < 1.29 is 14.2 Å². The van der Waals surface area contributed by atoms with E-state index >= 15 is 0 Å². The Labute approximate surface area is 311 Å². The molecule has 0 saturated carbocycles. The first kappa shape index (κ1) is 31.9. The van der Waals surface area contributed by atoms with Crippen LogP contribution >= 0.6 is 0 Å². The molecular weight excluding hydrogens is 651 g/mol. The highest BCUT2D eigenvalue weighted by Gasteiger charge is 2.51. The van der Waals surface area contributed by atoms with Gasteiger partial charge in [0.2, 0.25) is 0 Å². The molecule has 0 aromatic heterocycles. The zero-order valence-electron chi connectivity index (χ0n) is 29.9. The summed E-state index contributed by atoms with van der Waals surface area (Å²) >= 11 is 0. The van der Waals surface area contributed by atoms with Crippen LogP contribution in [0.15, 0.2) is 157 Å². The van der Waals surface area contributed by atoms with Crippen molar-refractivity contribution in [3.05, 3.63) is 196 Å². The third kappa shape index (κ3) is 4.78. The van der Waals surface area contributed by atoms with Gasteiger partial charge in [0, 0.05) is 40.9 Å². The fourth-order valence-electron chi connectivity index (χ4n) is 9.40. The van der Waals surface area contributed by atoms with E-state index < -0.39 is 11.0 Å². The van der Waals surface area contributed by atoms with Gasteiger partial charge in [-0.15, -0.1) is 0 Å². The molecule has 0 N–H and O–H groups in total. The summed E-state index contributed by atoms with van der Waals surface area (Å²) in [6.45, 7) is 3.28. The van der Waals surface area contributed by atoms with Crippen molar-refractivity contribution in [3.8, 4) is 11.5 Å². The maximum atomic E-state index is 7.71. The molecule has 6 aromatic rings. The van der Waals surface area contributed by atoms with E-state index in [1.54, 1.807) is 7.11 Å². The molecule has 10 rings (SSSR count). The Morgan fingerprint density at radius 1 is 0.642 bits per heavy atom. The number of rotatable bonds is 6. The summed E-state index contributed by atoms with van der Waals surface area (Å²) < 4.78 is 19.0. The molecule has 4 nitrogen and oxygen atoms in total. The van der Waals surface area contributed by atoms with Crippen LogP contribution in [0.5, 0.6) is 11.5 Å². The van der Waals surface area contributed by atoms with Gasteiger partial charge in [0.15, 0.2) is 5.60 Å². The average Bonchev–Trinajstić information content (AvgIpc) is 3.57. The van der Waals surface area contributed by atoms with Gasteiger partial charge in [0.1, 0.15) is 11.5 Å². The molecule has 1 unspecified atom stereocenters. The lowest BCUT2D eigenvalue weighted by Crippen LogP contribution is -2.37. The summed E-state index contributed by atoms with van der Waals surface area (Å²) in [6.07, 6.45) is 11.5. The average molecular weight is 692 g/mol. The molecule has 2 aliphatic carbocycles. The van der Waals surface area contributed by atoms with Crippen molar-refractivity contribution in [3.63, 3.8) is 0 Å². The van der Waals surface area contributed by atoms with Crippen molar-refractivity contribution in [1.29, 1.82) is 0 Å².